The van der Waals surface area contributed by atoms with Gasteiger partial charge in [0, 0.05) is 13.0 Å². The van der Waals surface area contributed by atoms with E-state index in [1.807, 2.05) is 0 Å². The van der Waals surface area contributed by atoms with Crippen molar-refractivity contribution in [3.8, 4) is 0 Å². The van der Waals surface area contributed by atoms with Gasteiger partial charge in [-0.2, -0.15) is 0 Å². The summed E-state index contributed by atoms with van der Waals surface area (Å²) < 4.78 is 19.5. The summed E-state index contributed by atoms with van der Waals surface area (Å²) in [4.78, 5) is 13.0. The van der Waals surface area contributed by atoms with Gasteiger partial charge in [0.1, 0.15) is 0 Å². The first kappa shape index (κ1) is 20.0. The van der Waals surface area contributed by atoms with Crippen molar-refractivity contribution < 1.29 is 24.1 Å². The highest BCUT2D eigenvalue weighted by Gasteiger charge is 2.33. The van der Waals surface area contributed by atoms with Crippen LogP contribution >= 0.6 is 7.37 Å². The number of aliphatic hydroxyl groups excluding tert-OH is 2. The molecule has 1 unspecified atom stereocenters. The van der Waals surface area contributed by atoms with E-state index in [0.717, 1.165) is 0 Å². The SMILES string of the molecule is O=C(OP(=O)(c1ccccc1)c1ccccc1)c1ccccc1C(O)CCO. The zero-order valence-electron chi connectivity index (χ0n) is 15.1. The Morgan fingerprint density at radius 2 is 1.36 bits per heavy atom. The summed E-state index contributed by atoms with van der Waals surface area (Å²) in [5.74, 6) is -0.788. The van der Waals surface area contributed by atoms with Gasteiger partial charge in [-0.25, -0.2) is 4.79 Å². The number of rotatable bonds is 7. The van der Waals surface area contributed by atoms with Crippen LogP contribution < -0.4 is 10.6 Å². The molecule has 0 bridgehead atoms. The Labute approximate surface area is 163 Å². The first-order chi connectivity index (χ1) is 13.6. The third kappa shape index (κ3) is 4.23. The van der Waals surface area contributed by atoms with Gasteiger partial charge in [0.2, 0.25) is 0 Å². The van der Waals surface area contributed by atoms with Crippen LogP contribution in [0.4, 0.5) is 0 Å². The minimum absolute atomic E-state index is 0.0827. The number of aliphatic hydroxyl groups is 2. The maximum Gasteiger partial charge on any atom is 0.343 e. The molecule has 1 atom stereocenters. The van der Waals surface area contributed by atoms with Crippen LogP contribution in [-0.4, -0.2) is 22.8 Å². The van der Waals surface area contributed by atoms with Crippen LogP contribution in [0.3, 0.4) is 0 Å². The molecule has 144 valence electrons. The summed E-state index contributed by atoms with van der Waals surface area (Å²) in [5, 5.41) is 20.1. The summed E-state index contributed by atoms with van der Waals surface area (Å²) in [6.07, 6.45) is -0.944. The van der Waals surface area contributed by atoms with Gasteiger partial charge in [-0.3, -0.25) is 4.57 Å². The van der Waals surface area contributed by atoms with E-state index in [4.69, 9.17) is 9.63 Å². The monoisotopic (exact) mass is 396 g/mol. The van der Waals surface area contributed by atoms with Crippen molar-refractivity contribution in [1.29, 1.82) is 0 Å². The van der Waals surface area contributed by atoms with Gasteiger partial charge < -0.3 is 14.7 Å². The highest BCUT2D eigenvalue weighted by Crippen LogP contribution is 2.45. The Hall–Kier alpha value is -2.72. The minimum atomic E-state index is -3.69. The van der Waals surface area contributed by atoms with Crippen LogP contribution in [0.2, 0.25) is 0 Å². The summed E-state index contributed by atoms with van der Waals surface area (Å²) in [6, 6.07) is 23.6. The molecule has 0 aliphatic carbocycles. The Balaban J connectivity index is 2.02. The highest BCUT2D eigenvalue weighted by molar-refractivity contribution is 7.74. The van der Waals surface area contributed by atoms with E-state index < -0.39 is 19.4 Å². The van der Waals surface area contributed by atoms with Crippen LogP contribution in [0.1, 0.15) is 28.4 Å². The first-order valence-corrected chi connectivity index (χ1v) is 10.5. The van der Waals surface area contributed by atoms with Crippen molar-refractivity contribution in [1.82, 2.24) is 0 Å². The van der Waals surface area contributed by atoms with Crippen LogP contribution in [0, 0.1) is 0 Å². The van der Waals surface area contributed by atoms with Gasteiger partial charge in [-0.1, -0.05) is 54.6 Å². The van der Waals surface area contributed by atoms with Gasteiger partial charge >= 0.3 is 13.3 Å². The van der Waals surface area contributed by atoms with Crippen LogP contribution in [0.5, 0.6) is 0 Å². The van der Waals surface area contributed by atoms with Gasteiger partial charge in [0.25, 0.3) is 0 Å². The zero-order valence-corrected chi connectivity index (χ0v) is 16.0. The molecule has 0 spiro atoms. The molecular weight excluding hydrogens is 375 g/mol. The van der Waals surface area contributed by atoms with E-state index in [0.29, 0.717) is 16.2 Å². The molecule has 0 radical (unpaired) electrons. The number of hydrogen-bond acceptors (Lipinski definition) is 5. The van der Waals surface area contributed by atoms with Crippen molar-refractivity contribution in [3.05, 3.63) is 96.1 Å². The predicted molar refractivity (Wildman–Crippen MR) is 108 cm³/mol. The van der Waals surface area contributed by atoms with Gasteiger partial charge in [-0.15, -0.1) is 0 Å². The lowest BCUT2D eigenvalue weighted by atomic mass is 10.0. The minimum Gasteiger partial charge on any atom is -0.401 e. The molecule has 0 aliphatic rings. The van der Waals surface area contributed by atoms with E-state index in [9.17, 15) is 14.5 Å². The fourth-order valence-electron chi connectivity index (χ4n) is 2.92. The van der Waals surface area contributed by atoms with Crippen molar-refractivity contribution in [2.75, 3.05) is 6.61 Å². The van der Waals surface area contributed by atoms with E-state index in [1.54, 1.807) is 78.9 Å². The predicted octanol–water partition coefficient (Wildman–Crippen LogP) is 3.19. The largest absolute Gasteiger partial charge is 0.401 e. The average Bonchev–Trinajstić information content (AvgIpc) is 2.75. The molecule has 0 aliphatic heterocycles. The summed E-state index contributed by atoms with van der Waals surface area (Å²) in [5.41, 5.74) is 0.449. The van der Waals surface area contributed by atoms with Crippen LogP contribution in [0.15, 0.2) is 84.9 Å². The van der Waals surface area contributed by atoms with Crippen molar-refractivity contribution in [2.45, 2.75) is 12.5 Å². The van der Waals surface area contributed by atoms with Gasteiger partial charge in [-0.05, 0) is 35.9 Å². The number of hydrogen-bond donors (Lipinski definition) is 2. The van der Waals surface area contributed by atoms with Crippen LogP contribution in [-0.2, 0) is 9.09 Å². The van der Waals surface area contributed by atoms with Crippen molar-refractivity contribution in [3.63, 3.8) is 0 Å². The van der Waals surface area contributed by atoms with E-state index in [1.165, 1.54) is 6.07 Å². The molecule has 3 aromatic carbocycles. The molecule has 0 amide bonds. The topological polar surface area (TPSA) is 83.8 Å². The Morgan fingerprint density at radius 1 is 0.857 bits per heavy atom. The number of benzene rings is 3. The fourth-order valence-corrected chi connectivity index (χ4v) is 4.89. The molecule has 28 heavy (non-hydrogen) atoms. The second-order valence-electron chi connectivity index (χ2n) is 6.22. The summed E-state index contributed by atoms with van der Waals surface area (Å²) in [6.45, 7) is -0.225. The number of carbonyl (C=O) groups is 1. The van der Waals surface area contributed by atoms with Gasteiger partial charge in [0.05, 0.1) is 22.3 Å². The molecule has 6 heteroatoms. The van der Waals surface area contributed by atoms with Crippen LogP contribution in [0.25, 0.3) is 0 Å². The van der Waals surface area contributed by atoms with Gasteiger partial charge in [0.15, 0.2) is 0 Å². The fraction of sp³-hybridized carbons (Fsp3) is 0.136. The summed E-state index contributed by atoms with van der Waals surface area (Å²) in [7, 11) is -3.69. The second-order valence-corrected chi connectivity index (χ2v) is 8.54. The average molecular weight is 396 g/mol. The molecular formula is C22H21O5P. The first-order valence-electron chi connectivity index (χ1n) is 8.89. The molecule has 0 aromatic heterocycles. The highest BCUT2D eigenvalue weighted by atomic mass is 31.2. The smallest absolute Gasteiger partial charge is 0.343 e. The lowest BCUT2D eigenvalue weighted by Crippen LogP contribution is -2.21. The molecule has 0 heterocycles. The third-order valence-electron chi connectivity index (χ3n) is 4.35. The Kier molecular flexibility index (Phi) is 6.42. The molecule has 5 nitrogen and oxygen atoms in total. The Morgan fingerprint density at radius 3 is 1.89 bits per heavy atom. The number of carbonyl (C=O) groups excluding carboxylic acids is 1. The Bertz CT molecular complexity index is 929. The zero-order chi connectivity index (χ0) is 20.0. The molecule has 3 aromatic rings. The van der Waals surface area contributed by atoms with Crippen molar-refractivity contribution in [2.24, 2.45) is 0 Å². The van der Waals surface area contributed by atoms with Crippen molar-refractivity contribution >= 4 is 23.9 Å². The standard InChI is InChI=1S/C22H21O5P/c23-16-15-21(24)19-13-7-8-14-20(19)22(25)27-28(26,17-9-3-1-4-10-17)18-11-5-2-6-12-18/h1-14,21,23-24H,15-16H2. The van der Waals surface area contributed by atoms with E-state index in [2.05, 4.69) is 0 Å². The van der Waals surface area contributed by atoms with E-state index >= 15 is 0 Å². The molecule has 2 N–H and O–H groups in total. The second kappa shape index (κ2) is 8.98. The molecule has 3 rings (SSSR count). The maximum atomic E-state index is 13.9. The summed E-state index contributed by atoms with van der Waals surface area (Å²) >= 11 is 0. The third-order valence-corrected chi connectivity index (χ3v) is 6.72. The quantitative estimate of drug-likeness (QED) is 0.600. The lowest BCUT2D eigenvalue weighted by Gasteiger charge is -2.21. The lowest BCUT2D eigenvalue weighted by molar-refractivity contribution is 0.0734. The molecule has 0 saturated heterocycles. The van der Waals surface area contributed by atoms with E-state index in [-0.39, 0.29) is 18.6 Å². The maximum absolute atomic E-state index is 13.9. The normalized spacial score (nSPS) is 12.4. The molecule has 0 fully saturated rings. The molecule has 0 saturated carbocycles.